The molecule has 27 heavy (non-hydrogen) atoms. The lowest BCUT2D eigenvalue weighted by Gasteiger charge is -2.35. The second-order valence-corrected chi connectivity index (χ2v) is 7.88. The molecule has 0 aliphatic heterocycles. The molecule has 2 heteroatoms. The van der Waals surface area contributed by atoms with Crippen LogP contribution in [-0.4, -0.2) is 31.1 Å². The molecule has 3 rings (SSSR count). The van der Waals surface area contributed by atoms with Crippen LogP contribution >= 0.6 is 0 Å². The van der Waals surface area contributed by atoms with Crippen LogP contribution in [0, 0.1) is 0 Å². The van der Waals surface area contributed by atoms with E-state index in [1.165, 1.54) is 56.3 Å². The lowest BCUT2D eigenvalue weighted by atomic mass is 9.85. The zero-order valence-corrected chi connectivity index (χ0v) is 17.3. The van der Waals surface area contributed by atoms with Crippen molar-refractivity contribution in [2.45, 2.75) is 64.8 Å². The zero-order valence-electron chi connectivity index (χ0n) is 17.3. The van der Waals surface area contributed by atoms with Crippen molar-refractivity contribution in [3.63, 3.8) is 0 Å². The predicted molar refractivity (Wildman–Crippen MR) is 115 cm³/mol. The van der Waals surface area contributed by atoms with Gasteiger partial charge in [-0.2, -0.15) is 0 Å². The number of ether oxygens (including phenoxy) is 1. The van der Waals surface area contributed by atoms with Gasteiger partial charge in [-0.05, 0) is 92.4 Å². The van der Waals surface area contributed by atoms with Crippen LogP contribution in [0.2, 0.25) is 0 Å². The van der Waals surface area contributed by atoms with Gasteiger partial charge in [0.25, 0.3) is 0 Å². The number of rotatable bonds is 9. The molecule has 0 radical (unpaired) electrons. The Kier molecular flexibility index (Phi) is 7.34. The molecule has 0 aromatic heterocycles. The maximum absolute atomic E-state index is 5.25. The maximum Gasteiger partial charge on any atom is 0.118 e. The average Bonchev–Trinajstić information content (AvgIpc) is 2.72. The lowest BCUT2D eigenvalue weighted by Crippen LogP contribution is -2.40. The van der Waals surface area contributed by atoms with E-state index in [1.807, 2.05) is 0 Å². The number of fused-ring (bicyclic) bond motifs is 1. The second kappa shape index (κ2) is 9.94. The van der Waals surface area contributed by atoms with Crippen LogP contribution in [0.15, 0.2) is 42.5 Å². The van der Waals surface area contributed by atoms with Crippen LogP contribution in [0.1, 0.15) is 55.4 Å². The molecule has 2 nitrogen and oxygen atoms in total. The number of benzene rings is 2. The van der Waals surface area contributed by atoms with Crippen molar-refractivity contribution in [3.05, 3.63) is 64.7 Å². The van der Waals surface area contributed by atoms with Crippen molar-refractivity contribution in [2.24, 2.45) is 0 Å². The first-order valence-corrected chi connectivity index (χ1v) is 10.7. The molecule has 0 amide bonds. The lowest BCUT2D eigenvalue weighted by molar-refractivity contribution is 0.180. The number of nitrogens with zero attached hydrogens (tertiary/aromatic N) is 1. The van der Waals surface area contributed by atoms with Crippen molar-refractivity contribution in [2.75, 3.05) is 20.2 Å². The van der Waals surface area contributed by atoms with Gasteiger partial charge in [0.2, 0.25) is 0 Å². The van der Waals surface area contributed by atoms with Gasteiger partial charge in [0.15, 0.2) is 0 Å². The quantitative estimate of drug-likeness (QED) is 0.585. The first-order valence-electron chi connectivity index (χ1n) is 10.7. The Morgan fingerprint density at radius 1 is 0.889 bits per heavy atom. The van der Waals surface area contributed by atoms with Crippen LogP contribution in [-0.2, 0) is 25.7 Å². The Hall–Kier alpha value is -1.80. The Morgan fingerprint density at radius 2 is 1.56 bits per heavy atom. The summed E-state index contributed by atoms with van der Waals surface area (Å²) in [4.78, 5) is 2.72. The summed E-state index contributed by atoms with van der Waals surface area (Å²) in [6.45, 7) is 7.09. The maximum atomic E-state index is 5.25. The van der Waals surface area contributed by atoms with Crippen LogP contribution in [0.3, 0.4) is 0 Å². The van der Waals surface area contributed by atoms with Gasteiger partial charge >= 0.3 is 0 Å². The standard InChI is InChI=1S/C25H35NO/c1-4-16-26(17-5-2)24-13-12-22-18-21(8-11-23(22)19-24)7-6-20-9-14-25(27-3)15-10-20/h8-11,14-15,18,24H,4-7,12-13,16-17,19H2,1-3H3. The van der Waals surface area contributed by atoms with Gasteiger partial charge in [-0.25, -0.2) is 0 Å². The molecule has 0 bridgehead atoms. The number of methoxy groups -OCH3 is 1. The Labute approximate surface area is 165 Å². The Balaban J connectivity index is 1.60. The summed E-state index contributed by atoms with van der Waals surface area (Å²) in [5.74, 6) is 0.933. The van der Waals surface area contributed by atoms with E-state index in [0.717, 1.165) is 24.6 Å². The number of hydrogen-bond acceptors (Lipinski definition) is 2. The van der Waals surface area contributed by atoms with E-state index in [4.69, 9.17) is 4.74 Å². The van der Waals surface area contributed by atoms with E-state index in [1.54, 1.807) is 18.2 Å². The Bertz CT molecular complexity index is 701. The fourth-order valence-electron chi connectivity index (χ4n) is 4.39. The van der Waals surface area contributed by atoms with Crippen LogP contribution in [0.5, 0.6) is 5.75 Å². The predicted octanol–water partition coefficient (Wildman–Crippen LogP) is 5.46. The highest BCUT2D eigenvalue weighted by atomic mass is 16.5. The van der Waals surface area contributed by atoms with Crippen molar-refractivity contribution >= 4 is 0 Å². The van der Waals surface area contributed by atoms with Crippen molar-refractivity contribution in [1.29, 1.82) is 0 Å². The SMILES string of the molecule is CCCN(CCC)C1CCc2cc(CCc3ccc(OC)cc3)ccc2C1. The first kappa shape index (κ1) is 19.9. The minimum Gasteiger partial charge on any atom is -0.497 e. The third-order valence-electron chi connectivity index (χ3n) is 5.87. The van der Waals surface area contributed by atoms with Gasteiger partial charge in [0, 0.05) is 6.04 Å². The molecule has 2 aromatic rings. The fraction of sp³-hybridized carbons (Fsp3) is 0.520. The summed E-state index contributed by atoms with van der Waals surface area (Å²) in [5.41, 5.74) is 6.02. The molecule has 1 aliphatic rings. The monoisotopic (exact) mass is 365 g/mol. The van der Waals surface area contributed by atoms with Crippen LogP contribution in [0.25, 0.3) is 0 Å². The van der Waals surface area contributed by atoms with E-state index < -0.39 is 0 Å². The molecule has 0 spiro atoms. The fourth-order valence-corrected chi connectivity index (χ4v) is 4.39. The molecular formula is C25H35NO. The average molecular weight is 366 g/mol. The number of aryl methyl sites for hydroxylation is 3. The molecule has 0 saturated carbocycles. The van der Waals surface area contributed by atoms with Crippen molar-refractivity contribution in [3.8, 4) is 5.75 Å². The minimum atomic E-state index is 0.738. The molecule has 0 saturated heterocycles. The van der Waals surface area contributed by atoms with Gasteiger partial charge in [-0.3, -0.25) is 0 Å². The molecule has 1 aliphatic carbocycles. The highest BCUT2D eigenvalue weighted by molar-refractivity contribution is 5.35. The molecule has 0 fully saturated rings. The molecule has 146 valence electrons. The van der Waals surface area contributed by atoms with Gasteiger partial charge in [-0.15, -0.1) is 0 Å². The Morgan fingerprint density at radius 3 is 2.22 bits per heavy atom. The van der Waals surface area contributed by atoms with E-state index in [-0.39, 0.29) is 0 Å². The van der Waals surface area contributed by atoms with Gasteiger partial charge in [-0.1, -0.05) is 44.2 Å². The molecule has 2 aromatic carbocycles. The van der Waals surface area contributed by atoms with Crippen LogP contribution in [0.4, 0.5) is 0 Å². The van der Waals surface area contributed by atoms with Gasteiger partial charge < -0.3 is 9.64 Å². The summed E-state index contributed by atoms with van der Waals surface area (Å²) >= 11 is 0. The third-order valence-corrected chi connectivity index (χ3v) is 5.87. The summed E-state index contributed by atoms with van der Waals surface area (Å²) in [6.07, 6.45) is 8.50. The summed E-state index contributed by atoms with van der Waals surface area (Å²) in [5, 5.41) is 0. The third kappa shape index (κ3) is 5.35. The smallest absolute Gasteiger partial charge is 0.118 e. The zero-order chi connectivity index (χ0) is 19.1. The summed E-state index contributed by atoms with van der Waals surface area (Å²) < 4.78 is 5.25. The molecule has 0 N–H and O–H groups in total. The van der Waals surface area contributed by atoms with Crippen molar-refractivity contribution < 1.29 is 4.74 Å². The highest BCUT2D eigenvalue weighted by Crippen LogP contribution is 2.26. The normalized spacial score (nSPS) is 16.4. The number of hydrogen-bond donors (Lipinski definition) is 0. The summed E-state index contributed by atoms with van der Waals surface area (Å²) in [7, 11) is 1.72. The van der Waals surface area contributed by atoms with Gasteiger partial charge in [0.05, 0.1) is 7.11 Å². The van der Waals surface area contributed by atoms with Crippen LogP contribution < -0.4 is 4.74 Å². The minimum absolute atomic E-state index is 0.738. The first-order chi connectivity index (χ1) is 13.2. The largest absolute Gasteiger partial charge is 0.497 e. The topological polar surface area (TPSA) is 12.5 Å². The van der Waals surface area contributed by atoms with E-state index in [0.29, 0.717) is 0 Å². The second-order valence-electron chi connectivity index (χ2n) is 7.88. The van der Waals surface area contributed by atoms with E-state index >= 15 is 0 Å². The highest BCUT2D eigenvalue weighted by Gasteiger charge is 2.23. The van der Waals surface area contributed by atoms with E-state index in [9.17, 15) is 0 Å². The van der Waals surface area contributed by atoms with E-state index in [2.05, 4.69) is 61.2 Å². The molecule has 0 heterocycles. The molecular weight excluding hydrogens is 330 g/mol. The molecule has 1 atom stereocenters. The molecule has 1 unspecified atom stereocenters. The van der Waals surface area contributed by atoms with Gasteiger partial charge in [0.1, 0.15) is 5.75 Å². The summed E-state index contributed by atoms with van der Waals surface area (Å²) in [6, 6.07) is 16.4. The van der Waals surface area contributed by atoms with Crippen molar-refractivity contribution in [1.82, 2.24) is 4.90 Å².